The first-order valence-electron chi connectivity index (χ1n) is 8.56. The molecule has 1 unspecified atom stereocenters. The van der Waals surface area contributed by atoms with Gasteiger partial charge in [0.1, 0.15) is 37.7 Å². The van der Waals surface area contributed by atoms with Crippen molar-refractivity contribution < 1.29 is 37.5 Å². The number of hydrogen-bond acceptors (Lipinski definition) is 11. The van der Waals surface area contributed by atoms with Crippen LogP contribution in [0.2, 0.25) is 5.15 Å². The van der Waals surface area contributed by atoms with Crippen molar-refractivity contribution in [3.05, 3.63) is 11.5 Å². The molecule has 0 radical (unpaired) electrons. The highest BCUT2D eigenvalue weighted by atomic mass is 35.5. The molecular weight excluding hydrogens is 431 g/mol. The largest absolute Gasteiger partial charge is 0.463 e. The van der Waals surface area contributed by atoms with Crippen LogP contribution in [0.25, 0.3) is 0 Å². The predicted molar refractivity (Wildman–Crippen MR) is 104 cm³/mol. The summed E-state index contributed by atoms with van der Waals surface area (Å²) in [7, 11) is -3.46. The molecule has 29 heavy (non-hydrogen) atoms. The summed E-state index contributed by atoms with van der Waals surface area (Å²) in [6, 6.07) is 0. The Bertz CT molecular complexity index is 701. The van der Waals surface area contributed by atoms with E-state index in [-0.39, 0.29) is 49.4 Å². The molecule has 1 rings (SSSR count). The SMILES string of the molecule is CCOP(=O)(COC(CONc1ncnc(Cl)c1NC=O)COC(C)=O)OCC. The van der Waals surface area contributed by atoms with Crippen molar-refractivity contribution in [3.8, 4) is 0 Å². The molecule has 12 nitrogen and oxygen atoms in total. The number of esters is 1. The molecule has 0 saturated heterocycles. The van der Waals surface area contributed by atoms with Gasteiger partial charge in [-0.1, -0.05) is 11.6 Å². The van der Waals surface area contributed by atoms with Gasteiger partial charge >= 0.3 is 13.6 Å². The van der Waals surface area contributed by atoms with Gasteiger partial charge in [-0.15, -0.1) is 0 Å². The Morgan fingerprint density at radius 2 is 1.97 bits per heavy atom. The lowest BCUT2D eigenvalue weighted by Crippen LogP contribution is -2.29. The van der Waals surface area contributed by atoms with E-state index in [1.165, 1.54) is 6.92 Å². The molecule has 1 aromatic heterocycles. The van der Waals surface area contributed by atoms with Crippen LogP contribution < -0.4 is 10.8 Å². The zero-order chi connectivity index (χ0) is 21.7. The third kappa shape index (κ3) is 9.48. The van der Waals surface area contributed by atoms with Gasteiger partial charge in [0.15, 0.2) is 11.0 Å². The van der Waals surface area contributed by atoms with E-state index < -0.39 is 19.7 Å². The predicted octanol–water partition coefficient (Wildman–Crippen LogP) is 2.21. The van der Waals surface area contributed by atoms with E-state index in [2.05, 4.69) is 20.8 Å². The van der Waals surface area contributed by atoms with Gasteiger partial charge in [-0.05, 0) is 13.8 Å². The molecule has 0 aromatic carbocycles. The lowest BCUT2D eigenvalue weighted by atomic mass is 10.4. The van der Waals surface area contributed by atoms with E-state index in [0.29, 0.717) is 6.41 Å². The molecule has 0 fully saturated rings. The number of nitrogens with zero attached hydrogens (tertiary/aromatic N) is 2. The summed E-state index contributed by atoms with van der Waals surface area (Å²) in [6.45, 7) is 4.62. The van der Waals surface area contributed by atoms with E-state index in [4.69, 9.17) is 35.0 Å². The summed E-state index contributed by atoms with van der Waals surface area (Å²) in [5.74, 6) is -0.429. The summed E-state index contributed by atoms with van der Waals surface area (Å²) in [5, 5.41) is 2.35. The summed E-state index contributed by atoms with van der Waals surface area (Å²) in [6.07, 6.45) is 0.403. The Kier molecular flexibility index (Phi) is 11.7. The number of anilines is 2. The highest BCUT2D eigenvalue weighted by Gasteiger charge is 2.26. The second-order valence-electron chi connectivity index (χ2n) is 5.23. The average Bonchev–Trinajstić information content (AvgIpc) is 2.66. The summed E-state index contributed by atoms with van der Waals surface area (Å²) in [5.41, 5.74) is 2.61. The number of amides is 1. The molecule has 1 atom stereocenters. The van der Waals surface area contributed by atoms with E-state index in [1.54, 1.807) is 13.8 Å². The van der Waals surface area contributed by atoms with E-state index in [9.17, 15) is 14.2 Å². The Morgan fingerprint density at radius 1 is 1.28 bits per heavy atom. The summed E-state index contributed by atoms with van der Waals surface area (Å²) < 4.78 is 33.2. The smallest absolute Gasteiger partial charge is 0.356 e. The van der Waals surface area contributed by atoms with Crippen molar-refractivity contribution in [3.63, 3.8) is 0 Å². The monoisotopic (exact) mass is 454 g/mol. The van der Waals surface area contributed by atoms with E-state index >= 15 is 0 Å². The van der Waals surface area contributed by atoms with Crippen LogP contribution in [0, 0.1) is 0 Å². The molecule has 1 aromatic rings. The highest BCUT2D eigenvalue weighted by Crippen LogP contribution is 2.48. The Hall–Kier alpha value is -1.82. The first kappa shape index (κ1) is 25.2. The maximum Gasteiger partial charge on any atom is 0.356 e. The van der Waals surface area contributed by atoms with Gasteiger partial charge in [0.05, 0.1) is 13.2 Å². The van der Waals surface area contributed by atoms with Gasteiger partial charge in [0, 0.05) is 6.92 Å². The van der Waals surface area contributed by atoms with Crippen LogP contribution in [0.1, 0.15) is 20.8 Å². The fourth-order valence-electron chi connectivity index (χ4n) is 1.89. The fourth-order valence-corrected chi connectivity index (χ4v) is 3.48. The van der Waals surface area contributed by atoms with Crippen LogP contribution in [-0.4, -0.2) is 61.2 Å². The van der Waals surface area contributed by atoms with Gasteiger partial charge in [-0.3, -0.25) is 19.0 Å². The first-order valence-corrected chi connectivity index (χ1v) is 10.7. The van der Waals surface area contributed by atoms with Gasteiger partial charge < -0.3 is 23.8 Å². The normalized spacial score (nSPS) is 12.3. The van der Waals surface area contributed by atoms with Gasteiger partial charge in [0.25, 0.3) is 0 Å². The number of halogens is 1. The van der Waals surface area contributed by atoms with Crippen LogP contribution in [-0.2, 0) is 37.5 Å². The Morgan fingerprint density at radius 3 is 2.55 bits per heavy atom. The maximum atomic E-state index is 12.5. The molecule has 0 spiro atoms. The third-order valence-electron chi connectivity index (χ3n) is 3.03. The molecule has 0 aliphatic heterocycles. The quantitative estimate of drug-likeness (QED) is 0.132. The van der Waals surface area contributed by atoms with E-state index in [1.807, 2.05) is 0 Å². The molecule has 1 amide bonds. The van der Waals surface area contributed by atoms with Crippen LogP contribution in [0.4, 0.5) is 11.5 Å². The minimum Gasteiger partial charge on any atom is -0.463 e. The molecule has 14 heteroatoms. The topological polar surface area (TPSA) is 147 Å². The highest BCUT2D eigenvalue weighted by molar-refractivity contribution is 7.53. The molecular formula is C15H24ClN4O8P. The minimum absolute atomic E-state index is 0.000260. The second kappa shape index (κ2) is 13.4. The fraction of sp³-hybridized carbons (Fsp3) is 0.600. The summed E-state index contributed by atoms with van der Waals surface area (Å²) >= 11 is 5.88. The maximum absolute atomic E-state index is 12.5. The van der Waals surface area contributed by atoms with Gasteiger partial charge in [0.2, 0.25) is 6.41 Å². The molecule has 2 N–H and O–H groups in total. The molecule has 164 valence electrons. The first-order chi connectivity index (χ1) is 13.8. The van der Waals surface area contributed by atoms with Crippen molar-refractivity contribution in [1.82, 2.24) is 9.97 Å². The average molecular weight is 455 g/mol. The van der Waals surface area contributed by atoms with Crippen LogP contribution in [0.3, 0.4) is 0 Å². The van der Waals surface area contributed by atoms with Crippen molar-refractivity contribution in [2.45, 2.75) is 26.9 Å². The lowest BCUT2D eigenvalue weighted by Gasteiger charge is -2.22. The number of carbonyl (C=O) groups is 2. The standard InChI is InChI=1S/C15H24ClN4O8P/c1-4-27-29(23,28-5-2)10-25-12(6-24-11(3)22)7-26-20-15-13(19-9-21)14(16)17-8-18-15/h8-9,12H,4-7,10H2,1-3H3,(H,19,21)(H,17,18,20). The third-order valence-corrected chi connectivity index (χ3v) is 5.09. The molecule has 0 bridgehead atoms. The molecule has 0 aliphatic rings. The van der Waals surface area contributed by atoms with Crippen LogP contribution in [0.5, 0.6) is 0 Å². The Labute approximate surface area is 173 Å². The number of ether oxygens (including phenoxy) is 2. The Balaban J connectivity index is 2.71. The molecule has 0 aliphatic carbocycles. The van der Waals surface area contributed by atoms with Crippen molar-refractivity contribution in [2.75, 3.05) is 43.6 Å². The lowest BCUT2D eigenvalue weighted by molar-refractivity contribution is -0.146. The molecule has 1 heterocycles. The van der Waals surface area contributed by atoms with Crippen molar-refractivity contribution >= 4 is 43.1 Å². The summed E-state index contributed by atoms with van der Waals surface area (Å²) in [4.78, 5) is 34.7. The van der Waals surface area contributed by atoms with Crippen molar-refractivity contribution in [2.24, 2.45) is 0 Å². The van der Waals surface area contributed by atoms with Gasteiger partial charge in [-0.2, -0.15) is 0 Å². The van der Waals surface area contributed by atoms with Gasteiger partial charge in [-0.25, -0.2) is 15.4 Å². The molecule has 0 saturated carbocycles. The number of aromatic nitrogens is 2. The number of carbonyl (C=O) groups excluding carboxylic acids is 2. The van der Waals surface area contributed by atoms with Crippen LogP contribution >= 0.6 is 19.2 Å². The number of hydrogen-bond donors (Lipinski definition) is 2. The van der Waals surface area contributed by atoms with E-state index in [0.717, 1.165) is 6.33 Å². The zero-order valence-corrected chi connectivity index (χ0v) is 17.9. The number of rotatable bonds is 15. The van der Waals surface area contributed by atoms with Crippen molar-refractivity contribution in [1.29, 1.82) is 0 Å². The second-order valence-corrected chi connectivity index (χ2v) is 7.58. The number of nitrogens with one attached hydrogen (secondary N) is 2. The minimum atomic E-state index is -3.46. The van der Waals surface area contributed by atoms with Crippen LogP contribution in [0.15, 0.2) is 6.33 Å². The zero-order valence-electron chi connectivity index (χ0n) is 16.3.